The van der Waals surface area contributed by atoms with E-state index < -0.39 is 5.97 Å². The molecule has 0 aliphatic carbocycles. The first-order valence-electron chi connectivity index (χ1n) is 4.16. The molecular weight excluding hydrogens is 142 g/mol. The number of carbonyl (C=O) groups is 1. The van der Waals surface area contributed by atoms with Crippen molar-refractivity contribution in [3.8, 4) is 0 Å². The van der Waals surface area contributed by atoms with Gasteiger partial charge >= 0.3 is 5.97 Å². The minimum atomic E-state index is -0.659. The second-order valence-electron chi connectivity index (χ2n) is 3.15. The van der Waals surface area contributed by atoms with Gasteiger partial charge in [-0.3, -0.25) is 4.79 Å². The van der Waals surface area contributed by atoms with Crippen LogP contribution in [0.15, 0.2) is 0 Å². The largest absolute Gasteiger partial charge is 0.481 e. The van der Waals surface area contributed by atoms with E-state index in [1.54, 1.807) is 0 Å². The zero-order valence-electron chi connectivity index (χ0n) is 6.92. The molecule has 1 aliphatic heterocycles. The highest BCUT2D eigenvalue weighted by molar-refractivity contribution is 5.67. The highest BCUT2D eigenvalue weighted by Crippen LogP contribution is 2.18. The molecule has 11 heavy (non-hydrogen) atoms. The highest BCUT2D eigenvalue weighted by Gasteiger charge is 2.22. The zero-order valence-corrected chi connectivity index (χ0v) is 6.92. The lowest BCUT2D eigenvalue weighted by atomic mass is 10.1. The van der Waals surface area contributed by atoms with Gasteiger partial charge in [-0.25, -0.2) is 0 Å². The summed E-state index contributed by atoms with van der Waals surface area (Å²) >= 11 is 0. The number of rotatable bonds is 3. The number of carboxylic acid groups (broad SMARTS) is 1. The van der Waals surface area contributed by atoms with Crippen molar-refractivity contribution in [2.45, 2.75) is 19.8 Å². The van der Waals surface area contributed by atoms with Crippen LogP contribution in [0, 0.1) is 5.92 Å². The summed E-state index contributed by atoms with van der Waals surface area (Å²) in [4.78, 5) is 12.6. The van der Waals surface area contributed by atoms with Crippen molar-refractivity contribution in [3.05, 3.63) is 0 Å². The van der Waals surface area contributed by atoms with Gasteiger partial charge in [0.2, 0.25) is 0 Å². The molecule has 0 radical (unpaired) electrons. The van der Waals surface area contributed by atoms with Crippen LogP contribution in [0.4, 0.5) is 0 Å². The van der Waals surface area contributed by atoms with Crippen molar-refractivity contribution in [2.24, 2.45) is 5.92 Å². The van der Waals surface area contributed by atoms with Gasteiger partial charge in [-0.05, 0) is 25.4 Å². The fourth-order valence-electron chi connectivity index (χ4n) is 1.61. The van der Waals surface area contributed by atoms with Gasteiger partial charge in [0, 0.05) is 13.0 Å². The van der Waals surface area contributed by atoms with Crippen LogP contribution in [-0.2, 0) is 4.79 Å². The van der Waals surface area contributed by atoms with E-state index in [0.29, 0.717) is 12.3 Å². The second-order valence-corrected chi connectivity index (χ2v) is 3.15. The molecule has 1 heterocycles. The molecule has 1 atom stereocenters. The Hall–Kier alpha value is -0.570. The van der Waals surface area contributed by atoms with E-state index >= 15 is 0 Å². The van der Waals surface area contributed by atoms with Gasteiger partial charge in [0.25, 0.3) is 0 Å². The maximum absolute atomic E-state index is 10.3. The summed E-state index contributed by atoms with van der Waals surface area (Å²) in [5.41, 5.74) is 0. The first-order chi connectivity index (χ1) is 5.22. The van der Waals surface area contributed by atoms with Crippen LogP contribution in [-0.4, -0.2) is 35.6 Å². The quantitative estimate of drug-likeness (QED) is 0.658. The summed E-state index contributed by atoms with van der Waals surface area (Å²) in [6.45, 7) is 5.22. The molecule has 0 aromatic heterocycles. The van der Waals surface area contributed by atoms with Crippen LogP contribution in [0.1, 0.15) is 19.8 Å². The third-order valence-electron chi connectivity index (χ3n) is 2.28. The molecule has 64 valence electrons. The predicted octanol–water partition coefficient (Wildman–Crippen LogP) is 0.803. The summed E-state index contributed by atoms with van der Waals surface area (Å²) in [6.07, 6.45) is 1.40. The Morgan fingerprint density at radius 3 is 2.91 bits per heavy atom. The van der Waals surface area contributed by atoms with Crippen molar-refractivity contribution < 1.29 is 9.90 Å². The first kappa shape index (κ1) is 8.53. The number of carboxylic acids is 1. The topological polar surface area (TPSA) is 40.5 Å². The van der Waals surface area contributed by atoms with Crippen LogP contribution in [0.25, 0.3) is 0 Å². The van der Waals surface area contributed by atoms with Gasteiger partial charge in [-0.1, -0.05) is 6.92 Å². The third-order valence-corrected chi connectivity index (χ3v) is 2.28. The van der Waals surface area contributed by atoms with Gasteiger partial charge in [0.1, 0.15) is 0 Å². The van der Waals surface area contributed by atoms with Gasteiger partial charge in [-0.2, -0.15) is 0 Å². The summed E-state index contributed by atoms with van der Waals surface area (Å²) in [5.74, 6) is -0.264. The molecule has 0 bridgehead atoms. The number of hydrogen-bond donors (Lipinski definition) is 1. The zero-order chi connectivity index (χ0) is 8.27. The maximum atomic E-state index is 10.3. The SMILES string of the molecule is CCN1CC[C@H](CC(=O)O)C1. The smallest absolute Gasteiger partial charge is 0.303 e. The van der Waals surface area contributed by atoms with E-state index in [9.17, 15) is 4.79 Å². The van der Waals surface area contributed by atoms with Crippen LogP contribution >= 0.6 is 0 Å². The Kier molecular flexibility index (Phi) is 2.88. The number of hydrogen-bond acceptors (Lipinski definition) is 2. The molecule has 1 aliphatic rings. The summed E-state index contributed by atoms with van der Waals surface area (Å²) < 4.78 is 0. The van der Waals surface area contributed by atoms with Gasteiger partial charge < -0.3 is 10.0 Å². The molecule has 1 saturated heterocycles. The molecule has 0 amide bonds. The van der Waals surface area contributed by atoms with Gasteiger partial charge in [0.15, 0.2) is 0 Å². The van der Waals surface area contributed by atoms with E-state index in [0.717, 1.165) is 26.1 Å². The standard InChI is InChI=1S/C8H15NO2/c1-2-9-4-3-7(6-9)5-8(10)11/h7H,2-6H2,1H3,(H,10,11)/t7-/m1/s1. The first-order valence-corrected chi connectivity index (χ1v) is 4.16. The van der Waals surface area contributed by atoms with Gasteiger partial charge in [0.05, 0.1) is 0 Å². The molecular formula is C8H15NO2. The predicted molar refractivity (Wildman–Crippen MR) is 42.5 cm³/mol. The summed E-state index contributed by atoms with van der Waals surface area (Å²) in [6, 6.07) is 0. The second kappa shape index (κ2) is 3.72. The molecule has 0 aromatic carbocycles. The van der Waals surface area contributed by atoms with Crippen molar-refractivity contribution in [1.29, 1.82) is 0 Å². The number of nitrogens with zero attached hydrogens (tertiary/aromatic N) is 1. The van der Waals surface area contributed by atoms with E-state index in [1.165, 1.54) is 0 Å². The minimum Gasteiger partial charge on any atom is -0.481 e. The highest BCUT2D eigenvalue weighted by atomic mass is 16.4. The number of likely N-dealkylation sites (tertiary alicyclic amines) is 1. The minimum absolute atomic E-state index is 0.344. The number of aliphatic carboxylic acids is 1. The molecule has 1 rings (SSSR count). The fourth-order valence-corrected chi connectivity index (χ4v) is 1.61. The van der Waals surface area contributed by atoms with E-state index in [4.69, 9.17) is 5.11 Å². The summed E-state index contributed by atoms with van der Waals surface area (Å²) in [5, 5.41) is 8.51. The lowest BCUT2D eigenvalue weighted by Gasteiger charge is -2.11. The molecule has 1 N–H and O–H groups in total. The van der Waals surface area contributed by atoms with Crippen LogP contribution < -0.4 is 0 Å². The van der Waals surface area contributed by atoms with Crippen molar-refractivity contribution in [2.75, 3.05) is 19.6 Å². The molecule has 3 nitrogen and oxygen atoms in total. The van der Waals surface area contributed by atoms with E-state index in [1.807, 2.05) is 0 Å². The molecule has 0 saturated carbocycles. The fraction of sp³-hybridized carbons (Fsp3) is 0.875. The van der Waals surface area contributed by atoms with Crippen molar-refractivity contribution >= 4 is 5.97 Å². The molecule has 0 spiro atoms. The average molecular weight is 157 g/mol. The van der Waals surface area contributed by atoms with Crippen LogP contribution in [0.3, 0.4) is 0 Å². The molecule has 0 unspecified atom stereocenters. The van der Waals surface area contributed by atoms with Crippen molar-refractivity contribution in [3.63, 3.8) is 0 Å². The maximum Gasteiger partial charge on any atom is 0.303 e. The lowest BCUT2D eigenvalue weighted by molar-refractivity contribution is -0.138. The van der Waals surface area contributed by atoms with Crippen LogP contribution in [0.5, 0.6) is 0 Å². The van der Waals surface area contributed by atoms with Crippen LogP contribution in [0.2, 0.25) is 0 Å². The van der Waals surface area contributed by atoms with E-state index in [-0.39, 0.29) is 0 Å². The molecule has 3 heteroatoms. The normalized spacial score (nSPS) is 25.7. The Morgan fingerprint density at radius 2 is 2.45 bits per heavy atom. The van der Waals surface area contributed by atoms with Crippen molar-refractivity contribution in [1.82, 2.24) is 4.90 Å². The Labute approximate surface area is 67.0 Å². The third kappa shape index (κ3) is 2.50. The van der Waals surface area contributed by atoms with E-state index in [2.05, 4.69) is 11.8 Å². The average Bonchev–Trinajstić information content (AvgIpc) is 2.34. The Balaban J connectivity index is 2.24. The molecule has 0 aromatic rings. The Bertz CT molecular complexity index is 147. The van der Waals surface area contributed by atoms with Gasteiger partial charge in [-0.15, -0.1) is 0 Å². The monoisotopic (exact) mass is 157 g/mol. The Morgan fingerprint density at radius 1 is 1.73 bits per heavy atom. The summed E-state index contributed by atoms with van der Waals surface area (Å²) in [7, 11) is 0. The lowest BCUT2D eigenvalue weighted by Crippen LogP contribution is -2.20. The molecule has 1 fully saturated rings.